The van der Waals surface area contributed by atoms with Gasteiger partial charge in [0.15, 0.2) is 0 Å². The highest BCUT2D eigenvalue weighted by atomic mass is 16.5. The molecule has 5 nitrogen and oxygen atoms in total. The molecule has 1 N–H and O–H groups in total. The summed E-state index contributed by atoms with van der Waals surface area (Å²) in [6.07, 6.45) is 6.13. The van der Waals surface area contributed by atoms with Gasteiger partial charge in [-0.25, -0.2) is 4.68 Å². The number of rotatable bonds is 4. The van der Waals surface area contributed by atoms with Gasteiger partial charge in [0.1, 0.15) is 5.75 Å². The second kappa shape index (κ2) is 6.43. The smallest absolute Gasteiger partial charge is 0.220 e. The van der Waals surface area contributed by atoms with E-state index >= 15 is 0 Å². The molecule has 0 radical (unpaired) electrons. The van der Waals surface area contributed by atoms with Crippen molar-refractivity contribution in [3.63, 3.8) is 0 Å². The Balaban J connectivity index is 1.60. The normalized spacial score (nSPS) is 18.9. The zero-order valence-corrected chi connectivity index (χ0v) is 11.9. The average Bonchev–Trinajstić information content (AvgIpc) is 2.96. The summed E-state index contributed by atoms with van der Waals surface area (Å²) in [6.45, 7) is 1.40. The lowest BCUT2D eigenvalue weighted by Crippen LogP contribution is -2.21. The SMILES string of the molecule is O=C1CC[C@@H](COc2cccc(-n3cccn3)c2)CCN1. The first-order chi connectivity index (χ1) is 10.3. The minimum Gasteiger partial charge on any atom is -0.493 e. The molecule has 2 heterocycles. The summed E-state index contributed by atoms with van der Waals surface area (Å²) < 4.78 is 7.70. The summed E-state index contributed by atoms with van der Waals surface area (Å²) in [7, 11) is 0. The van der Waals surface area contributed by atoms with E-state index in [1.807, 2.05) is 36.5 Å². The zero-order chi connectivity index (χ0) is 14.5. The van der Waals surface area contributed by atoms with E-state index in [-0.39, 0.29) is 5.91 Å². The Bertz CT molecular complexity index is 595. The predicted molar refractivity (Wildman–Crippen MR) is 79.4 cm³/mol. The Kier molecular flexibility index (Phi) is 4.19. The van der Waals surface area contributed by atoms with Gasteiger partial charge in [-0.05, 0) is 37.0 Å². The number of carbonyl (C=O) groups is 1. The van der Waals surface area contributed by atoms with Crippen LogP contribution in [0, 0.1) is 5.92 Å². The fourth-order valence-corrected chi connectivity index (χ4v) is 2.50. The molecule has 0 spiro atoms. The van der Waals surface area contributed by atoms with Gasteiger partial charge >= 0.3 is 0 Å². The summed E-state index contributed by atoms with van der Waals surface area (Å²) in [6, 6.07) is 9.78. The highest BCUT2D eigenvalue weighted by Gasteiger charge is 2.16. The Hall–Kier alpha value is -2.30. The number of amides is 1. The number of nitrogens with zero attached hydrogens (tertiary/aromatic N) is 2. The first kappa shape index (κ1) is 13.7. The maximum Gasteiger partial charge on any atom is 0.220 e. The molecule has 1 aliphatic rings. The van der Waals surface area contributed by atoms with Gasteiger partial charge in [-0.15, -0.1) is 0 Å². The second-order valence-electron chi connectivity index (χ2n) is 5.30. The number of carbonyl (C=O) groups excluding carboxylic acids is 1. The summed E-state index contributed by atoms with van der Waals surface area (Å²) in [4.78, 5) is 11.3. The van der Waals surface area contributed by atoms with E-state index in [1.165, 1.54) is 0 Å². The van der Waals surface area contributed by atoms with Crippen LogP contribution in [-0.4, -0.2) is 28.8 Å². The summed E-state index contributed by atoms with van der Waals surface area (Å²) in [5.74, 6) is 1.42. The Morgan fingerprint density at radius 2 is 2.29 bits per heavy atom. The highest BCUT2D eigenvalue weighted by molar-refractivity contribution is 5.76. The first-order valence-electron chi connectivity index (χ1n) is 7.31. The van der Waals surface area contributed by atoms with Crippen LogP contribution >= 0.6 is 0 Å². The Labute approximate surface area is 123 Å². The first-order valence-corrected chi connectivity index (χ1v) is 7.31. The van der Waals surface area contributed by atoms with Crippen LogP contribution in [0.25, 0.3) is 5.69 Å². The van der Waals surface area contributed by atoms with Gasteiger partial charge in [-0.3, -0.25) is 4.79 Å². The standard InChI is InChI=1S/C16H19N3O2/c20-16-6-5-13(7-9-17-16)12-21-15-4-1-3-14(11-15)19-10-2-8-18-19/h1-4,8,10-11,13H,5-7,9,12H2,(H,17,20)/t13-/m1/s1. The molecule has 1 aromatic heterocycles. The van der Waals surface area contributed by atoms with Crippen molar-refractivity contribution in [1.29, 1.82) is 0 Å². The molecule has 1 aliphatic heterocycles. The van der Waals surface area contributed by atoms with Crippen LogP contribution in [0.3, 0.4) is 0 Å². The molecule has 0 aliphatic carbocycles. The van der Waals surface area contributed by atoms with Crippen molar-refractivity contribution in [1.82, 2.24) is 15.1 Å². The third-order valence-corrected chi connectivity index (χ3v) is 3.73. The molecule has 110 valence electrons. The third-order valence-electron chi connectivity index (χ3n) is 3.73. The van der Waals surface area contributed by atoms with Crippen molar-refractivity contribution in [3.05, 3.63) is 42.7 Å². The van der Waals surface area contributed by atoms with Crippen LogP contribution in [0.2, 0.25) is 0 Å². The molecule has 1 saturated heterocycles. The van der Waals surface area contributed by atoms with Gasteiger partial charge in [0.25, 0.3) is 0 Å². The fourth-order valence-electron chi connectivity index (χ4n) is 2.50. The van der Waals surface area contributed by atoms with Crippen molar-refractivity contribution in [3.8, 4) is 11.4 Å². The van der Waals surface area contributed by atoms with Gasteiger partial charge in [0.05, 0.1) is 12.3 Å². The molecule has 5 heteroatoms. The Morgan fingerprint density at radius 1 is 1.33 bits per heavy atom. The lowest BCUT2D eigenvalue weighted by Gasteiger charge is -2.15. The molecular weight excluding hydrogens is 266 g/mol. The maximum absolute atomic E-state index is 11.3. The molecule has 1 fully saturated rings. The molecule has 21 heavy (non-hydrogen) atoms. The minimum atomic E-state index is 0.151. The Morgan fingerprint density at radius 3 is 3.14 bits per heavy atom. The van der Waals surface area contributed by atoms with Crippen molar-refractivity contribution in [2.75, 3.05) is 13.2 Å². The number of benzene rings is 1. The number of hydrogen-bond acceptors (Lipinski definition) is 3. The molecule has 1 atom stereocenters. The fraction of sp³-hybridized carbons (Fsp3) is 0.375. The maximum atomic E-state index is 11.3. The third kappa shape index (κ3) is 3.62. The van der Waals surface area contributed by atoms with Crippen molar-refractivity contribution in [2.24, 2.45) is 5.92 Å². The van der Waals surface area contributed by atoms with Gasteiger partial charge in [-0.1, -0.05) is 6.07 Å². The summed E-state index contributed by atoms with van der Waals surface area (Å²) in [5, 5.41) is 7.11. The van der Waals surface area contributed by atoms with E-state index in [0.717, 1.165) is 30.8 Å². The lowest BCUT2D eigenvalue weighted by atomic mass is 10.0. The average molecular weight is 285 g/mol. The van der Waals surface area contributed by atoms with Gasteiger partial charge in [-0.2, -0.15) is 5.10 Å². The molecule has 0 saturated carbocycles. The van der Waals surface area contributed by atoms with Crippen LogP contribution in [-0.2, 0) is 4.79 Å². The van der Waals surface area contributed by atoms with Crippen molar-refractivity contribution >= 4 is 5.91 Å². The highest BCUT2D eigenvalue weighted by Crippen LogP contribution is 2.20. The minimum absolute atomic E-state index is 0.151. The van der Waals surface area contributed by atoms with E-state index < -0.39 is 0 Å². The number of nitrogens with one attached hydrogen (secondary N) is 1. The monoisotopic (exact) mass is 285 g/mol. The molecule has 1 aromatic carbocycles. The van der Waals surface area contributed by atoms with Crippen LogP contribution in [0.15, 0.2) is 42.7 Å². The van der Waals surface area contributed by atoms with Crippen LogP contribution in [0.5, 0.6) is 5.75 Å². The van der Waals surface area contributed by atoms with Crippen molar-refractivity contribution in [2.45, 2.75) is 19.3 Å². The second-order valence-corrected chi connectivity index (χ2v) is 5.30. The van der Waals surface area contributed by atoms with Crippen LogP contribution < -0.4 is 10.1 Å². The summed E-state index contributed by atoms with van der Waals surface area (Å²) in [5.41, 5.74) is 0.982. The van der Waals surface area contributed by atoms with Gasteiger partial charge in [0.2, 0.25) is 5.91 Å². The zero-order valence-electron chi connectivity index (χ0n) is 11.9. The largest absolute Gasteiger partial charge is 0.493 e. The van der Waals surface area contributed by atoms with Gasteiger partial charge in [0, 0.05) is 31.4 Å². The molecular formula is C16H19N3O2. The van der Waals surface area contributed by atoms with E-state index in [4.69, 9.17) is 4.74 Å². The molecule has 0 bridgehead atoms. The number of hydrogen-bond donors (Lipinski definition) is 1. The van der Waals surface area contributed by atoms with E-state index in [2.05, 4.69) is 10.4 Å². The van der Waals surface area contributed by atoms with E-state index in [1.54, 1.807) is 10.9 Å². The number of aromatic nitrogens is 2. The lowest BCUT2D eigenvalue weighted by molar-refractivity contribution is -0.120. The van der Waals surface area contributed by atoms with Crippen molar-refractivity contribution < 1.29 is 9.53 Å². The predicted octanol–water partition coefficient (Wildman–Crippen LogP) is 2.17. The van der Waals surface area contributed by atoms with E-state index in [0.29, 0.717) is 18.9 Å². The molecule has 1 amide bonds. The summed E-state index contributed by atoms with van der Waals surface area (Å²) >= 11 is 0. The quantitative estimate of drug-likeness (QED) is 0.936. The molecule has 3 rings (SSSR count). The molecule has 2 aromatic rings. The van der Waals surface area contributed by atoms with Crippen LogP contribution in [0.4, 0.5) is 0 Å². The van der Waals surface area contributed by atoms with E-state index in [9.17, 15) is 4.79 Å². The van der Waals surface area contributed by atoms with Gasteiger partial charge < -0.3 is 10.1 Å². The topological polar surface area (TPSA) is 56.2 Å². The van der Waals surface area contributed by atoms with Crippen LogP contribution in [0.1, 0.15) is 19.3 Å². The number of ether oxygens (including phenoxy) is 1. The molecule has 0 unspecified atom stereocenters.